The van der Waals surface area contributed by atoms with Crippen LogP contribution in [0.25, 0.3) is 0 Å². The Bertz CT molecular complexity index is 596. The third kappa shape index (κ3) is 2.49. The second-order valence-corrected chi connectivity index (χ2v) is 8.47. The van der Waals surface area contributed by atoms with Crippen LogP contribution in [0.15, 0.2) is 18.2 Å². The van der Waals surface area contributed by atoms with Gasteiger partial charge in [-0.15, -0.1) is 0 Å². The van der Waals surface area contributed by atoms with E-state index in [-0.39, 0.29) is 0 Å². The first kappa shape index (κ1) is 16.4. The van der Waals surface area contributed by atoms with E-state index >= 15 is 0 Å². The lowest BCUT2D eigenvalue weighted by atomic mass is 9.55. The molecule has 0 aliphatic heterocycles. The number of aryl methyl sites for hydroxylation is 1. The number of ether oxygens (including phenoxy) is 2. The Labute approximate surface area is 146 Å². The Hall–Kier alpha value is -1.02. The SMILES string of the molecule is CCCOc1ccc2c(c1)CC[C@@H]1[C@@H]2CC[C@@]2(C)[C@@H]1CC[C@H]2OC. The molecule has 2 heteroatoms. The molecule has 24 heavy (non-hydrogen) atoms. The van der Waals surface area contributed by atoms with E-state index in [1.165, 1.54) is 38.5 Å². The molecule has 2 nitrogen and oxygen atoms in total. The van der Waals surface area contributed by atoms with Crippen molar-refractivity contribution in [1.82, 2.24) is 0 Å². The molecule has 3 aliphatic rings. The molecular weight excluding hydrogens is 296 g/mol. The zero-order chi connectivity index (χ0) is 16.7. The van der Waals surface area contributed by atoms with Crippen molar-refractivity contribution in [2.45, 2.75) is 70.8 Å². The fraction of sp³-hybridized carbons (Fsp3) is 0.727. The molecule has 132 valence electrons. The lowest BCUT2D eigenvalue weighted by molar-refractivity contribution is -0.0444. The van der Waals surface area contributed by atoms with Gasteiger partial charge in [0.1, 0.15) is 5.75 Å². The summed E-state index contributed by atoms with van der Waals surface area (Å²) in [5.41, 5.74) is 3.59. The highest BCUT2D eigenvalue weighted by molar-refractivity contribution is 5.40. The Kier molecular flexibility index (Phi) is 4.36. The highest BCUT2D eigenvalue weighted by atomic mass is 16.5. The van der Waals surface area contributed by atoms with Gasteiger partial charge < -0.3 is 9.47 Å². The van der Waals surface area contributed by atoms with Gasteiger partial charge in [-0.05, 0) is 91.4 Å². The van der Waals surface area contributed by atoms with Crippen molar-refractivity contribution in [3.63, 3.8) is 0 Å². The molecule has 0 N–H and O–H groups in total. The summed E-state index contributed by atoms with van der Waals surface area (Å²) in [6.45, 7) is 5.49. The molecule has 0 bridgehead atoms. The van der Waals surface area contributed by atoms with Crippen LogP contribution in [0.3, 0.4) is 0 Å². The predicted octanol–water partition coefficient (Wildman–Crippen LogP) is 5.35. The van der Waals surface area contributed by atoms with Gasteiger partial charge in [-0.1, -0.05) is 19.9 Å². The van der Waals surface area contributed by atoms with E-state index in [1.54, 1.807) is 11.1 Å². The van der Waals surface area contributed by atoms with Gasteiger partial charge in [-0.25, -0.2) is 0 Å². The van der Waals surface area contributed by atoms with Gasteiger partial charge in [-0.3, -0.25) is 0 Å². The van der Waals surface area contributed by atoms with E-state index < -0.39 is 0 Å². The first-order valence-electron chi connectivity index (χ1n) is 9.95. The summed E-state index contributed by atoms with van der Waals surface area (Å²) in [6, 6.07) is 6.90. The van der Waals surface area contributed by atoms with E-state index in [4.69, 9.17) is 9.47 Å². The van der Waals surface area contributed by atoms with Crippen LogP contribution in [0.4, 0.5) is 0 Å². The molecule has 4 rings (SSSR count). The van der Waals surface area contributed by atoms with Crippen molar-refractivity contribution in [2.75, 3.05) is 13.7 Å². The number of methoxy groups -OCH3 is 1. The number of rotatable bonds is 4. The highest BCUT2D eigenvalue weighted by Crippen LogP contribution is 2.61. The molecule has 2 fully saturated rings. The summed E-state index contributed by atoms with van der Waals surface area (Å²) < 4.78 is 11.7. The van der Waals surface area contributed by atoms with E-state index in [9.17, 15) is 0 Å². The first-order chi connectivity index (χ1) is 11.7. The van der Waals surface area contributed by atoms with Crippen molar-refractivity contribution in [2.24, 2.45) is 17.3 Å². The van der Waals surface area contributed by atoms with Crippen LogP contribution in [0.5, 0.6) is 5.75 Å². The van der Waals surface area contributed by atoms with Crippen molar-refractivity contribution in [3.05, 3.63) is 29.3 Å². The smallest absolute Gasteiger partial charge is 0.119 e. The summed E-state index contributed by atoms with van der Waals surface area (Å²) in [6.07, 6.45) is 9.42. The summed E-state index contributed by atoms with van der Waals surface area (Å²) in [5.74, 6) is 3.54. The maximum absolute atomic E-state index is 5.87. The Balaban J connectivity index is 1.58. The molecule has 0 heterocycles. The molecule has 2 saturated carbocycles. The molecule has 0 amide bonds. The minimum absolute atomic E-state index is 0.414. The van der Waals surface area contributed by atoms with Gasteiger partial charge in [0.25, 0.3) is 0 Å². The Morgan fingerprint density at radius 1 is 1.17 bits per heavy atom. The standard InChI is InChI=1S/C22H32O2/c1-4-13-24-16-6-8-17-15(14-16)5-7-19-18(17)11-12-22(2)20(19)9-10-21(22)23-3/h6,8,14,18-21H,4-5,7,9-13H2,1-3H3/t18-,19-,20-,21-,22+/m1/s1. The van der Waals surface area contributed by atoms with Gasteiger partial charge in [-0.2, -0.15) is 0 Å². The van der Waals surface area contributed by atoms with Crippen LogP contribution in [-0.2, 0) is 11.2 Å². The lowest BCUT2D eigenvalue weighted by Gasteiger charge is -2.50. The number of fused-ring (bicyclic) bond motifs is 5. The topological polar surface area (TPSA) is 18.5 Å². The van der Waals surface area contributed by atoms with Crippen LogP contribution in [0.1, 0.15) is 69.4 Å². The minimum atomic E-state index is 0.414. The van der Waals surface area contributed by atoms with Crippen molar-refractivity contribution in [3.8, 4) is 5.75 Å². The summed E-state index contributed by atoms with van der Waals surface area (Å²) in [5, 5.41) is 0. The third-order valence-corrected chi connectivity index (χ3v) is 7.37. The van der Waals surface area contributed by atoms with Crippen molar-refractivity contribution in [1.29, 1.82) is 0 Å². The first-order valence-corrected chi connectivity index (χ1v) is 9.95. The average molecular weight is 328 g/mol. The summed E-state index contributed by atoms with van der Waals surface area (Å²) >= 11 is 0. The Morgan fingerprint density at radius 3 is 2.83 bits per heavy atom. The van der Waals surface area contributed by atoms with Gasteiger partial charge in [0.2, 0.25) is 0 Å². The third-order valence-electron chi connectivity index (χ3n) is 7.37. The minimum Gasteiger partial charge on any atom is -0.494 e. The summed E-state index contributed by atoms with van der Waals surface area (Å²) in [7, 11) is 1.92. The molecule has 1 aromatic carbocycles. The molecule has 0 saturated heterocycles. The molecule has 1 aromatic rings. The van der Waals surface area contributed by atoms with E-state index in [1.807, 2.05) is 7.11 Å². The normalized spacial score (nSPS) is 37.5. The zero-order valence-electron chi connectivity index (χ0n) is 15.5. The van der Waals surface area contributed by atoms with Gasteiger partial charge >= 0.3 is 0 Å². The zero-order valence-corrected chi connectivity index (χ0v) is 15.5. The average Bonchev–Trinajstić information content (AvgIpc) is 2.95. The van der Waals surface area contributed by atoms with E-state index in [2.05, 4.69) is 32.0 Å². The lowest BCUT2D eigenvalue weighted by Crippen LogP contribution is -2.44. The summed E-state index contributed by atoms with van der Waals surface area (Å²) in [4.78, 5) is 0. The number of hydrogen-bond donors (Lipinski definition) is 0. The molecular formula is C22H32O2. The monoisotopic (exact) mass is 328 g/mol. The fourth-order valence-corrected chi connectivity index (χ4v) is 6.21. The molecule has 0 radical (unpaired) electrons. The van der Waals surface area contributed by atoms with Gasteiger partial charge in [0.15, 0.2) is 0 Å². The molecule has 0 unspecified atom stereocenters. The van der Waals surface area contributed by atoms with Crippen LogP contribution >= 0.6 is 0 Å². The second kappa shape index (κ2) is 6.37. The van der Waals surface area contributed by atoms with Crippen LogP contribution < -0.4 is 4.74 Å². The largest absolute Gasteiger partial charge is 0.494 e. The molecule has 5 atom stereocenters. The van der Waals surface area contributed by atoms with E-state index in [0.29, 0.717) is 11.5 Å². The molecule has 3 aliphatic carbocycles. The maximum atomic E-state index is 5.87. The van der Waals surface area contributed by atoms with Crippen molar-refractivity contribution >= 4 is 0 Å². The van der Waals surface area contributed by atoms with Crippen molar-refractivity contribution < 1.29 is 9.47 Å². The Morgan fingerprint density at radius 2 is 2.04 bits per heavy atom. The number of benzene rings is 1. The quantitative estimate of drug-likeness (QED) is 0.742. The highest BCUT2D eigenvalue weighted by Gasteiger charge is 2.54. The fourth-order valence-electron chi connectivity index (χ4n) is 6.21. The van der Waals surface area contributed by atoms with Crippen LogP contribution in [0, 0.1) is 17.3 Å². The molecule has 0 spiro atoms. The van der Waals surface area contributed by atoms with Crippen LogP contribution in [0.2, 0.25) is 0 Å². The number of hydrogen-bond acceptors (Lipinski definition) is 2. The van der Waals surface area contributed by atoms with E-state index in [0.717, 1.165) is 36.5 Å². The predicted molar refractivity (Wildman–Crippen MR) is 97.6 cm³/mol. The van der Waals surface area contributed by atoms with Crippen LogP contribution in [-0.4, -0.2) is 19.8 Å². The second-order valence-electron chi connectivity index (χ2n) is 8.47. The van der Waals surface area contributed by atoms with Gasteiger partial charge in [0, 0.05) is 7.11 Å². The van der Waals surface area contributed by atoms with Gasteiger partial charge in [0.05, 0.1) is 12.7 Å². The maximum Gasteiger partial charge on any atom is 0.119 e. The molecule has 0 aromatic heterocycles.